The minimum Gasteiger partial charge on any atom is -0.460 e. The van der Waals surface area contributed by atoms with Crippen molar-refractivity contribution in [1.29, 1.82) is 0 Å². The number of aliphatic hydroxyl groups is 1. The molecule has 156 valence electrons. The zero-order valence-corrected chi connectivity index (χ0v) is 17.6. The summed E-state index contributed by atoms with van der Waals surface area (Å²) in [5.41, 5.74) is 3.84. The van der Waals surface area contributed by atoms with Crippen molar-refractivity contribution in [3.05, 3.63) is 84.0 Å². The van der Waals surface area contributed by atoms with Crippen molar-refractivity contribution >= 4 is 22.4 Å². The number of fused-ring (bicyclic) bond motifs is 1. The van der Waals surface area contributed by atoms with E-state index in [1.165, 1.54) is 6.92 Å². The molecule has 2 heterocycles. The number of pyridine rings is 1. The fraction of sp³-hybridized carbons (Fsp3) is 0.280. The van der Waals surface area contributed by atoms with Gasteiger partial charge in [-0.25, -0.2) is 0 Å². The zero-order chi connectivity index (χ0) is 21.7. The van der Waals surface area contributed by atoms with E-state index in [9.17, 15) is 9.90 Å². The van der Waals surface area contributed by atoms with E-state index in [0.29, 0.717) is 17.9 Å². The van der Waals surface area contributed by atoms with Gasteiger partial charge in [-0.1, -0.05) is 44.7 Å². The third-order valence-electron chi connectivity index (χ3n) is 4.94. The molecule has 3 rings (SSSR count). The zero-order valence-electron chi connectivity index (χ0n) is 17.6. The molecule has 5 heteroatoms. The quantitative estimate of drug-likeness (QED) is 0.389. The molecular formula is C25H27NO4. The number of furan rings is 1. The van der Waals surface area contributed by atoms with Crippen LogP contribution in [0.2, 0.25) is 0 Å². The standard InChI is InChI=1S/C25H27NO4/c1-16(2)17(3)22(20-13-19-7-5-6-8-23(19)26-14-20)10-12-24(29-18(4)28)25-11-9-21(15-27)30-25/h5-11,13-14,16,24,27H,3,12,15H2,1-2,4H3/b22-10-/t24-/m1/s1. The largest absolute Gasteiger partial charge is 0.460 e. The molecule has 1 aromatic carbocycles. The monoisotopic (exact) mass is 405 g/mol. The van der Waals surface area contributed by atoms with Crippen molar-refractivity contribution in [3.63, 3.8) is 0 Å². The first-order chi connectivity index (χ1) is 14.4. The number of hydrogen-bond donors (Lipinski definition) is 1. The second-order valence-electron chi connectivity index (χ2n) is 7.51. The average Bonchev–Trinajstić information content (AvgIpc) is 3.21. The van der Waals surface area contributed by atoms with Crippen LogP contribution in [-0.4, -0.2) is 16.1 Å². The lowest BCUT2D eigenvalue weighted by Crippen LogP contribution is -2.08. The Bertz CT molecular complexity index is 1080. The van der Waals surface area contributed by atoms with Gasteiger partial charge < -0.3 is 14.3 Å². The Kier molecular flexibility index (Phi) is 6.85. The lowest BCUT2D eigenvalue weighted by atomic mass is 9.90. The van der Waals surface area contributed by atoms with E-state index in [1.807, 2.05) is 36.5 Å². The van der Waals surface area contributed by atoms with Crippen molar-refractivity contribution in [1.82, 2.24) is 4.98 Å². The first-order valence-corrected chi connectivity index (χ1v) is 10.00. The Morgan fingerprint density at radius 1 is 1.27 bits per heavy atom. The van der Waals surface area contributed by atoms with Gasteiger partial charge in [-0.05, 0) is 41.3 Å². The van der Waals surface area contributed by atoms with E-state index in [0.717, 1.165) is 27.6 Å². The summed E-state index contributed by atoms with van der Waals surface area (Å²) in [7, 11) is 0. The third-order valence-corrected chi connectivity index (χ3v) is 4.94. The number of carbonyl (C=O) groups is 1. The number of rotatable bonds is 8. The predicted octanol–water partition coefficient (Wildman–Crippen LogP) is 5.61. The molecule has 1 N–H and O–H groups in total. The number of esters is 1. The minimum atomic E-state index is -0.592. The van der Waals surface area contributed by atoms with E-state index >= 15 is 0 Å². The van der Waals surface area contributed by atoms with Crippen LogP contribution in [0.1, 0.15) is 50.4 Å². The molecule has 0 fully saturated rings. The van der Waals surface area contributed by atoms with Crippen LogP contribution in [0, 0.1) is 5.92 Å². The van der Waals surface area contributed by atoms with E-state index in [2.05, 4.69) is 31.5 Å². The van der Waals surface area contributed by atoms with Crippen LogP contribution in [0.5, 0.6) is 0 Å². The highest BCUT2D eigenvalue weighted by Gasteiger charge is 2.19. The molecule has 0 aliphatic heterocycles. The van der Waals surface area contributed by atoms with Gasteiger partial charge in [0.25, 0.3) is 0 Å². The summed E-state index contributed by atoms with van der Waals surface area (Å²) in [4.78, 5) is 16.2. The number of carbonyl (C=O) groups excluding carboxylic acids is 1. The van der Waals surface area contributed by atoms with Gasteiger partial charge in [0, 0.05) is 30.5 Å². The molecule has 0 aliphatic rings. The van der Waals surface area contributed by atoms with Gasteiger partial charge in [-0.15, -0.1) is 0 Å². The fourth-order valence-corrected chi connectivity index (χ4v) is 3.26. The average molecular weight is 405 g/mol. The fourth-order valence-electron chi connectivity index (χ4n) is 3.26. The molecule has 0 aliphatic carbocycles. The Morgan fingerprint density at radius 2 is 2.03 bits per heavy atom. The van der Waals surface area contributed by atoms with Gasteiger partial charge in [0.15, 0.2) is 6.10 Å². The Hall–Kier alpha value is -3.18. The number of nitrogens with zero attached hydrogens (tertiary/aromatic N) is 1. The van der Waals surface area contributed by atoms with Gasteiger partial charge in [0.1, 0.15) is 18.1 Å². The molecule has 1 atom stereocenters. The molecule has 3 aromatic rings. The van der Waals surface area contributed by atoms with Crippen LogP contribution >= 0.6 is 0 Å². The van der Waals surface area contributed by atoms with Crippen LogP contribution in [0.3, 0.4) is 0 Å². The van der Waals surface area contributed by atoms with Crippen LogP contribution in [-0.2, 0) is 16.1 Å². The molecule has 30 heavy (non-hydrogen) atoms. The number of allylic oxidation sites excluding steroid dienone is 2. The normalized spacial score (nSPS) is 12.9. The van der Waals surface area contributed by atoms with E-state index < -0.39 is 12.1 Å². The smallest absolute Gasteiger partial charge is 0.303 e. The number of para-hydroxylation sites is 1. The maximum Gasteiger partial charge on any atom is 0.303 e. The molecule has 0 radical (unpaired) electrons. The summed E-state index contributed by atoms with van der Waals surface area (Å²) in [5.74, 6) is 0.764. The number of ether oxygens (including phenoxy) is 1. The Labute approximate surface area is 176 Å². The van der Waals surface area contributed by atoms with E-state index in [-0.39, 0.29) is 12.5 Å². The summed E-state index contributed by atoms with van der Waals surface area (Å²) in [6, 6.07) is 13.5. The van der Waals surface area contributed by atoms with Crippen LogP contribution in [0.4, 0.5) is 0 Å². The molecule has 2 aromatic heterocycles. The van der Waals surface area contributed by atoms with E-state index in [1.54, 1.807) is 12.1 Å². The lowest BCUT2D eigenvalue weighted by Gasteiger charge is -2.18. The van der Waals surface area contributed by atoms with Gasteiger partial charge in [-0.3, -0.25) is 9.78 Å². The summed E-state index contributed by atoms with van der Waals surface area (Å²) < 4.78 is 11.1. The maximum atomic E-state index is 11.6. The summed E-state index contributed by atoms with van der Waals surface area (Å²) in [5, 5.41) is 10.3. The SMILES string of the molecule is C=C(/C(=C/C[C@@H](OC(C)=O)c1ccc(CO)o1)c1cnc2ccccc2c1)C(C)C. The van der Waals surface area contributed by atoms with Crippen LogP contribution < -0.4 is 0 Å². The molecule has 0 spiro atoms. The second-order valence-corrected chi connectivity index (χ2v) is 7.51. The van der Waals surface area contributed by atoms with Crippen LogP contribution in [0.15, 0.2) is 71.3 Å². The Morgan fingerprint density at radius 3 is 2.70 bits per heavy atom. The molecule has 5 nitrogen and oxygen atoms in total. The van der Waals surface area contributed by atoms with Gasteiger partial charge in [0.2, 0.25) is 0 Å². The Balaban J connectivity index is 1.98. The topological polar surface area (TPSA) is 72.6 Å². The first kappa shape index (κ1) is 21.5. The third kappa shape index (κ3) is 5.05. The van der Waals surface area contributed by atoms with E-state index in [4.69, 9.17) is 9.15 Å². The number of aliphatic hydroxyl groups excluding tert-OH is 1. The van der Waals surface area contributed by atoms with Crippen molar-refractivity contribution in [2.75, 3.05) is 0 Å². The number of hydrogen-bond acceptors (Lipinski definition) is 5. The van der Waals surface area contributed by atoms with Crippen molar-refractivity contribution < 1.29 is 19.1 Å². The highest BCUT2D eigenvalue weighted by Crippen LogP contribution is 2.32. The van der Waals surface area contributed by atoms with Gasteiger partial charge >= 0.3 is 5.97 Å². The maximum absolute atomic E-state index is 11.6. The molecular weight excluding hydrogens is 378 g/mol. The van der Waals surface area contributed by atoms with Gasteiger partial charge in [-0.2, -0.15) is 0 Å². The van der Waals surface area contributed by atoms with Gasteiger partial charge in [0.05, 0.1) is 5.52 Å². The summed E-state index contributed by atoms with van der Waals surface area (Å²) >= 11 is 0. The minimum absolute atomic E-state index is 0.208. The van der Waals surface area contributed by atoms with Crippen molar-refractivity contribution in [2.45, 2.75) is 39.9 Å². The predicted molar refractivity (Wildman–Crippen MR) is 117 cm³/mol. The molecule has 0 unspecified atom stereocenters. The highest BCUT2D eigenvalue weighted by atomic mass is 16.6. The highest BCUT2D eigenvalue weighted by molar-refractivity contribution is 5.86. The number of aromatic nitrogens is 1. The first-order valence-electron chi connectivity index (χ1n) is 10.00. The van der Waals surface area contributed by atoms with Crippen molar-refractivity contribution in [2.24, 2.45) is 5.92 Å². The number of benzene rings is 1. The van der Waals surface area contributed by atoms with Crippen molar-refractivity contribution in [3.8, 4) is 0 Å². The molecule has 0 saturated carbocycles. The summed E-state index contributed by atoms with van der Waals surface area (Å²) in [6.07, 6.45) is 3.68. The lowest BCUT2D eigenvalue weighted by molar-refractivity contribution is -0.147. The molecule has 0 saturated heterocycles. The summed E-state index contributed by atoms with van der Waals surface area (Å²) in [6.45, 7) is 9.62. The van der Waals surface area contributed by atoms with Crippen LogP contribution in [0.25, 0.3) is 16.5 Å². The second kappa shape index (κ2) is 9.55. The molecule has 0 bridgehead atoms. The molecule has 0 amide bonds.